The summed E-state index contributed by atoms with van der Waals surface area (Å²) in [7, 11) is 0. The Morgan fingerprint density at radius 2 is 2.00 bits per heavy atom. The van der Waals surface area contributed by atoms with Gasteiger partial charge in [0.05, 0.1) is 0 Å². The molecule has 0 heterocycles. The van der Waals surface area contributed by atoms with E-state index < -0.39 is 0 Å². The van der Waals surface area contributed by atoms with E-state index in [-0.39, 0.29) is 0 Å². The number of hydrogen-bond donors (Lipinski definition) is 0. The maximum absolute atomic E-state index is 3.45. The fraction of sp³-hybridized carbons (Fsp3) is 0.385. The molecule has 0 spiro atoms. The second-order valence-electron chi connectivity index (χ2n) is 4.07. The van der Waals surface area contributed by atoms with Gasteiger partial charge in [-0.2, -0.15) is 0 Å². The Balaban J connectivity index is 2.13. The van der Waals surface area contributed by atoms with Gasteiger partial charge in [-0.3, -0.25) is 0 Å². The third kappa shape index (κ3) is 2.48. The molecule has 14 heavy (non-hydrogen) atoms. The van der Waals surface area contributed by atoms with Gasteiger partial charge in [0.2, 0.25) is 0 Å². The number of benzene rings is 1. The summed E-state index contributed by atoms with van der Waals surface area (Å²) >= 11 is 3.45. The summed E-state index contributed by atoms with van der Waals surface area (Å²) in [6.45, 7) is 2.14. The second-order valence-corrected chi connectivity index (χ2v) is 4.63. The Morgan fingerprint density at radius 3 is 2.50 bits per heavy atom. The van der Waals surface area contributed by atoms with E-state index in [0.717, 1.165) is 11.2 Å². The molecule has 0 atom stereocenters. The molecule has 1 heteroatoms. The highest BCUT2D eigenvalue weighted by atomic mass is 79.9. The summed E-state index contributed by atoms with van der Waals surface area (Å²) in [5, 5.41) is 0.956. The molecule has 0 aliphatic heterocycles. The summed E-state index contributed by atoms with van der Waals surface area (Å²) in [6.07, 6.45) is 5.00. The van der Waals surface area contributed by atoms with Crippen LogP contribution in [0.3, 0.4) is 0 Å². The highest BCUT2D eigenvalue weighted by Gasteiger charge is 2.22. The molecular weight excluding hydrogens is 236 g/mol. The maximum atomic E-state index is 3.45. The van der Waals surface area contributed by atoms with Gasteiger partial charge in [0.15, 0.2) is 0 Å². The molecule has 2 rings (SSSR count). The van der Waals surface area contributed by atoms with Crippen molar-refractivity contribution in [3.05, 3.63) is 41.0 Å². The van der Waals surface area contributed by atoms with Gasteiger partial charge in [-0.15, -0.1) is 0 Å². The first-order valence-corrected chi connectivity index (χ1v) is 6.25. The van der Waals surface area contributed by atoms with Crippen molar-refractivity contribution < 1.29 is 0 Å². The van der Waals surface area contributed by atoms with Crippen LogP contribution >= 0.6 is 15.9 Å². The van der Waals surface area contributed by atoms with Crippen molar-refractivity contribution >= 4 is 22.0 Å². The number of halogens is 1. The summed E-state index contributed by atoms with van der Waals surface area (Å²) in [4.78, 5) is 0. The van der Waals surface area contributed by atoms with Gasteiger partial charge in [0, 0.05) is 5.33 Å². The lowest BCUT2D eigenvalue weighted by Crippen LogP contribution is -1.81. The summed E-state index contributed by atoms with van der Waals surface area (Å²) in [5.74, 6) is 0.866. The van der Waals surface area contributed by atoms with Crippen LogP contribution in [0.2, 0.25) is 0 Å². The lowest BCUT2D eigenvalue weighted by molar-refractivity contribution is 1.13. The number of rotatable bonds is 3. The van der Waals surface area contributed by atoms with Crippen molar-refractivity contribution in [2.45, 2.75) is 25.7 Å². The van der Waals surface area contributed by atoms with Crippen molar-refractivity contribution in [2.24, 2.45) is 0 Å². The van der Waals surface area contributed by atoms with Gasteiger partial charge in [-0.1, -0.05) is 51.8 Å². The summed E-state index contributed by atoms with van der Waals surface area (Å²) < 4.78 is 0. The van der Waals surface area contributed by atoms with Gasteiger partial charge >= 0.3 is 0 Å². The van der Waals surface area contributed by atoms with Gasteiger partial charge in [0.1, 0.15) is 0 Å². The van der Waals surface area contributed by atoms with Crippen LogP contribution in [0.25, 0.3) is 6.08 Å². The van der Waals surface area contributed by atoms with Crippen molar-refractivity contribution in [3.63, 3.8) is 0 Å². The van der Waals surface area contributed by atoms with E-state index in [9.17, 15) is 0 Å². The van der Waals surface area contributed by atoms with E-state index in [4.69, 9.17) is 0 Å². The molecular formula is C13H15Br. The molecule has 0 bridgehead atoms. The maximum Gasteiger partial charge on any atom is 0.0242 e. The zero-order chi connectivity index (χ0) is 9.97. The first kappa shape index (κ1) is 9.97. The Bertz CT molecular complexity index is 331. The molecule has 0 aromatic heterocycles. The molecule has 1 aliphatic carbocycles. The van der Waals surface area contributed by atoms with E-state index in [1.165, 1.54) is 29.5 Å². The van der Waals surface area contributed by atoms with Crippen LogP contribution in [0.15, 0.2) is 29.8 Å². The Kier molecular flexibility index (Phi) is 3.07. The Morgan fingerprint density at radius 1 is 1.36 bits per heavy atom. The molecule has 0 N–H and O–H groups in total. The molecule has 1 aliphatic rings. The lowest BCUT2D eigenvalue weighted by atomic mass is 10.1. The van der Waals surface area contributed by atoms with Gasteiger partial charge in [-0.25, -0.2) is 0 Å². The van der Waals surface area contributed by atoms with E-state index in [1.54, 1.807) is 0 Å². The predicted molar refractivity (Wildman–Crippen MR) is 65.9 cm³/mol. The van der Waals surface area contributed by atoms with Crippen LogP contribution in [0, 0.1) is 0 Å². The smallest absolute Gasteiger partial charge is 0.0242 e. The molecule has 1 aromatic rings. The van der Waals surface area contributed by atoms with E-state index >= 15 is 0 Å². The highest BCUT2D eigenvalue weighted by Crippen LogP contribution is 2.39. The number of alkyl halides is 1. The highest BCUT2D eigenvalue weighted by molar-refractivity contribution is 9.09. The molecule has 0 nitrogen and oxygen atoms in total. The lowest BCUT2D eigenvalue weighted by Gasteiger charge is -2.00. The van der Waals surface area contributed by atoms with Crippen LogP contribution in [-0.4, -0.2) is 5.33 Å². The molecule has 74 valence electrons. The van der Waals surface area contributed by atoms with E-state index in [1.807, 2.05) is 0 Å². The average Bonchev–Trinajstić information content (AvgIpc) is 3.02. The van der Waals surface area contributed by atoms with Crippen molar-refractivity contribution in [3.8, 4) is 0 Å². The van der Waals surface area contributed by atoms with Gasteiger partial charge in [-0.05, 0) is 36.8 Å². The van der Waals surface area contributed by atoms with Crippen LogP contribution < -0.4 is 0 Å². The second kappa shape index (κ2) is 4.31. The fourth-order valence-electron chi connectivity index (χ4n) is 1.60. The van der Waals surface area contributed by atoms with Crippen LogP contribution in [-0.2, 0) is 0 Å². The van der Waals surface area contributed by atoms with Crippen LogP contribution in [0.1, 0.15) is 36.8 Å². The molecule has 0 saturated heterocycles. The molecule has 1 fully saturated rings. The Hall–Kier alpha value is -0.560. The molecule has 0 amide bonds. The van der Waals surface area contributed by atoms with Crippen molar-refractivity contribution in [1.82, 2.24) is 0 Å². The summed E-state index contributed by atoms with van der Waals surface area (Å²) in [6, 6.07) is 8.98. The van der Waals surface area contributed by atoms with E-state index in [2.05, 4.69) is 53.2 Å². The minimum absolute atomic E-state index is 0.866. The normalized spacial score (nSPS) is 17.1. The topological polar surface area (TPSA) is 0 Å². The SMILES string of the molecule is CC(=Cc1ccc(C2CC2)cc1)CBr. The Labute approximate surface area is 94.2 Å². The fourth-order valence-corrected chi connectivity index (χ4v) is 1.77. The molecule has 1 aromatic carbocycles. The van der Waals surface area contributed by atoms with Gasteiger partial charge in [0.25, 0.3) is 0 Å². The van der Waals surface area contributed by atoms with Crippen LogP contribution in [0.5, 0.6) is 0 Å². The van der Waals surface area contributed by atoms with Crippen molar-refractivity contribution in [2.75, 3.05) is 5.33 Å². The van der Waals surface area contributed by atoms with Crippen molar-refractivity contribution in [1.29, 1.82) is 0 Å². The largest absolute Gasteiger partial charge is 0.0880 e. The quantitative estimate of drug-likeness (QED) is 0.700. The monoisotopic (exact) mass is 250 g/mol. The predicted octanol–water partition coefficient (Wildman–Crippen LogP) is 4.36. The average molecular weight is 251 g/mol. The first-order chi connectivity index (χ1) is 6.79. The zero-order valence-electron chi connectivity index (χ0n) is 8.46. The zero-order valence-corrected chi connectivity index (χ0v) is 10.0. The minimum Gasteiger partial charge on any atom is -0.0880 e. The number of hydrogen-bond acceptors (Lipinski definition) is 0. The molecule has 0 unspecified atom stereocenters. The third-order valence-electron chi connectivity index (χ3n) is 2.61. The molecule has 1 saturated carbocycles. The van der Waals surface area contributed by atoms with Crippen LogP contribution in [0.4, 0.5) is 0 Å². The number of allylic oxidation sites excluding steroid dienone is 1. The van der Waals surface area contributed by atoms with Gasteiger partial charge < -0.3 is 0 Å². The first-order valence-electron chi connectivity index (χ1n) is 5.12. The minimum atomic E-state index is 0.866. The molecule has 0 radical (unpaired) electrons. The standard InChI is InChI=1S/C13H15Br/c1-10(9-14)8-11-2-4-12(5-3-11)13-6-7-13/h2-5,8,13H,6-7,9H2,1H3. The summed E-state index contributed by atoms with van der Waals surface area (Å²) in [5.41, 5.74) is 4.19. The van der Waals surface area contributed by atoms with E-state index in [0.29, 0.717) is 0 Å². The third-order valence-corrected chi connectivity index (χ3v) is 3.49.